The summed E-state index contributed by atoms with van der Waals surface area (Å²) in [6.45, 7) is 0. The van der Waals surface area contributed by atoms with E-state index in [-0.39, 0.29) is 0 Å². The molecule has 0 spiro atoms. The second kappa shape index (κ2) is 12.2. The summed E-state index contributed by atoms with van der Waals surface area (Å²) in [5.74, 6) is 0. The molecule has 8 aromatic carbocycles. The van der Waals surface area contributed by atoms with Crippen molar-refractivity contribution in [2.75, 3.05) is 4.90 Å². The molecule has 0 aliphatic carbocycles. The number of anilines is 3. The van der Waals surface area contributed by atoms with Crippen LogP contribution in [0.2, 0.25) is 0 Å². The molecule has 0 N–H and O–H groups in total. The van der Waals surface area contributed by atoms with Crippen molar-refractivity contribution < 1.29 is 4.42 Å². The van der Waals surface area contributed by atoms with Gasteiger partial charge in [-0.05, 0) is 94.0 Å². The summed E-state index contributed by atoms with van der Waals surface area (Å²) in [4.78, 5) is 2.40. The number of fused-ring (bicyclic) bond motifs is 6. The highest BCUT2D eigenvalue weighted by Gasteiger charge is 2.21. The van der Waals surface area contributed by atoms with Gasteiger partial charge < -0.3 is 9.32 Å². The SMILES string of the molecule is c1ccc(-c2ccc(N(c3ccc4sc5cccc(-c6ccccc6)c5c4c3)c3cccc4oc5ccc(-c6ccccc6)cc5c34)cc2)cc1. The van der Waals surface area contributed by atoms with Gasteiger partial charge in [-0.25, -0.2) is 0 Å². The van der Waals surface area contributed by atoms with E-state index < -0.39 is 0 Å². The van der Waals surface area contributed by atoms with E-state index in [4.69, 9.17) is 4.42 Å². The largest absolute Gasteiger partial charge is 0.456 e. The van der Waals surface area contributed by atoms with Gasteiger partial charge in [0.1, 0.15) is 11.2 Å². The molecule has 0 aliphatic rings. The summed E-state index contributed by atoms with van der Waals surface area (Å²) < 4.78 is 9.10. The lowest BCUT2D eigenvalue weighted by molar-refractivity contribution is 0.669. The van der Waals surface area contributed by atoms with E-state index in [9.17, 15) is 0 Å². The van der Waals surface area contributed by atoms with Crippen LogP contribution >= 0.6 is 11.3 Å². The minimum absolute atomic E-state index is 0.868. The number of thiophene rings is 1. The molecule has 2 nitrogen and oxygen atoms in total. The van der Waals surface area contributed by atoms with Crippen molar-refractivity contribution in [1.82, 2.24) is 0 Å². The molecule has 51 heavy (non-hydrogen) atoms. The number of furan rings is 1. The van der Waals surface area contributed by atoms with Crippen molar-refractivity contribution in [3.05, 3.63) is 188 Å². The first-order valence-corrected chi connectivity index (χ1v) is 18.1. The molecule has 0 saturated carbocycles. The Labute approximate surface area is 300 Å². The molecule has 0 bridgehead atoms. The second-order valence-electron chi connectivity index (χ2n) is 12.9. The molecular weight excluding hydrogens is 639 g/mol. The van der Waals surface area contributed by atoms with Crippen molar-refractivity contribution in [1.29, 1.82) is 0 Å². The van der Waals surface area contributed by atoms with Gasteiger partial charge in [0.2, 0.25) is 0 Å². The molecule has 0 atom stereocenters. The Morgan fingerprint density at radius 1 is 0.373 bits per heavy atom. The first-order valence-electron chi connectivity index (χ1n) is 17.3. The zero-order valence-electron chi connectivity index (χ0n) is 27.7. The maximum absolute atomic E-state index is 6.54. The molecule has 10 aromatic rings. The molecule has 2 heterocycles. The fourth-order valence-electron chi connectivity index (χ4n) is 7.48. The van der Waals surface area contributed by atoms with Gasteiger partial charge in [-0.15, -0.1) is 11.3 Å². The Hall–Kier alpha value is -6.42. The lowest BCUT2D eigenvalue weighted by atomic mass is 9.99. The maximum atomic E-state index is 6.54. The Kier molecular flexibility index (Phi) is 7.04. The van der Waals surface area contributed by atoms with E-state index >= 15 is 0 Å². The van der Waals surface area contributed by atoms with Crippen LogP contribution in [-0.2, 0) is 0 Å². The number of hydrogen-bond donors (Lipinski definition) is 0. The van der Waals surface area contributed by atoms with Crippen LogP contribution in [0.15, 0.2) is 192 Å². The van der Waals surface area contributed by atoms with Gasteiger partial charge in [0.05, 0.1) is 11.1 Å². The van der Waals surface area contributed by atoms with Crippen molar-refractivity contribution in [3.8, 4) is 33.4 Å². The van der Waals surface area contributed by atoms with Crippen LogP contribution in [0.5, 0.6) is 0 Å². The van der Waals surface area contributed by atoms with E-state index in [2.05, 4.69) is 193 Å². The Morgan fingerprint density at radius 3 is 1.75 bits per heavy atom. The van der Waals surface area contributed by atoms with Crippen molar-refractivity contribution >= 4 is 70.5 Å². The third kappa shape index (κ3) is 5.10. The van der Waals surface area contributed by atoms with E-state index in [1.165, 1.54) is 53.6 Å². The fourth-order valence-corrected chi connectivity index (χ4v) is 8.59. The van der Waals surface area contributed by atoms with Gasteiger partial charge in [0, 0.05) is 36.9 Å². The first-order chi connectivity index (χ1) is 25.3. The molecule has 0 radical (unpaired) electrons. The summed E-state index contributed by atoms with van der Waals surface area (Å²) >= 11 is 1.85. The van der Waals surface area contributed by atoms with Crippen LogP contribution < -0.4 is 4.90 Å². The van der Waals surface area contributed by atoms with E-state index in [0.717, 1.165) is 39.0 Å². The maximum Gasteiger partial charge on any atom is 0.137 e. The van der Waals surface area contributed by atoms with Gasteiger partial charge in [-0.3, -0.25) is 0 Å². The number of nitrogens with zero attached hydrogens (tertiary/aromatic N) is 1. The lowest BCUT2D eigenvalue weighted by Crippen LogP contribution is -2.10. The normalized spacial score (nSPS) is 11.5. The molecule has 0 saturated heterocycles. The quantitative estimate of drug-likeness (QED) is 0.175. The molecular formula is C48H31NOS. The van der Waals surface area contributed by atoms with Gasteiger partial charge in [0.25, 0.3) is 0 Å². The third-order valence-corrected chi connectivity index (χ3v) is 11.0. The number of benzene rings is 8. The summed E-state index contributed by atoms with van der Waals surface area (Å²) in [5, 5.41) is 4.75. The third-order valence-electron chi connectivity index (χ3n) is 9.88. The molecule has 0 fully saturated rings. The number of hydrogen-bond acceptors (Lipinski definition) is 3. The van der Waals surface area contributed by atoms with E-state index in [0.29, 0.717) is 0 Å². The van der Waals surface area contributed by atoms with Gasteiger partial charge in [0.15, 0.2) is 0 Å². The Bertz CT molecular complexity index is 2840. The zero-order chi connectivity index (χ0) is 33.7. The van der Waals surface area contributed by atoms with Gasteiger partial charge in [-0.2, -0.15) is 0 Å². The van der Waals surface area contributed by atoms with E-state index in [1.807, 2.05) is 11.3 Å². The zero-order valence-corrected chi connectivity index (χ0v) is 28.5. The summed E-state index contributed by atoms with van der Waals surface area (Å²) in [5.41, 5.74) is 12.2. The average molecular weight is 670 g/mol. The van der Waals surface area contributed by atoms with Crippen molar-refractivity contribution in [2.24, 2.45) is 0 Å². The van der Waals surface area contributed by atoms with Crippen LogP contribution in [0.1, 0.15) is 0 Å². The van der Waals surface area contributed by atoms with Crippen molar-refractivity contribution in [2.45, 2.75) is 0 Å². The van der Waals surface area contributed by atoms with E-state index in [1.54, 1.807) is 0 Å². The minimum atomic E-state index is 0.868. The molecule has 0 aliphatic heterocycles. The highest BCUT2D eigenvalue weighted by molar-refractivity contribution is 7.26. The Balaban J connectivity index is 1.22. The monoisotopic (exact) mass is 669 g/mol. The molecule has 0 amide bonds. The predicted octanol–water partition coefficient (Wildman–Crippen LogP) is 14.4. The van der Waals surface area contributed by atoms with Crippen molar-refractivity contribution in [3.63, 3.8) is 0 Å². The van der Waals surface area contributed by atoms with Gasteiger partial charge >= 0.3 is 0 Å². The minimum Gasteiger partial charge on any atom is -0.456 e. The fraction of sp³-hybridized carbons (Fsp3) is 0. The smallest absolute Gasteiger partial charge is 0.137 e. The van der Waals surface area contributed by atoms with Crippen LogP contribution in [0.25, 0.3) is 75.5 Å². The van der Waals surface area contributed by atoms with Gasteiger partial charge in [-0.1, -0.05) is 127 Å². The molecule has 3 heteroatoms. The predicted molar refractivity (Wildman–Crippen MR) is 218 cm³/mol. The second-order valence-corrected chi connectivity index (χ2v) is 14.0. The van der Waals surface area contributed by atoms with Crippen LogP contribution in [0.4, 0.5) is 17.1 Å². The molecule has 240 valence electrons. The Morgan fingerprint density at radius 2 is 1.00 bits per heavy atom. The average Bonchev–Trinajstić information content (AvgIpc) is 3.77. The first kappa shape index (κ1) is 29.5. The summed E-state index contributed by atoms with van der Waals surface area (Å²) in [7, 11) is 0. The van der Waals surface area contributed by atoms with Crippen LogP contribution in [0.3, 0.4) is 0 Å². The topological polar surface area (TPSA) is 16.4 Å². The molecule has 0 unspecified atom stereocenters. The van der Waals surface area contributed by atoms with Crippen LogP contribution in [0, 0.1) is 0 Å². The summed E-state index contributed by atoms with van der Waals surface area (Å²) in [6, 6.07) is 67.3. The summed E-state index contributed by atoms with van der Waals surface area (Å²) in [6.07, 6.45) is 0. The molecule has 2 aromatic heterocycles. The highest BCUT2D eigenvalue weighted by atomic mass is 32.1. The molecule has 10 rings (SSSR count). The standard InChI is InChI=1S/C48H31NOS/c1-4-12-32(13-5-1)34-22-25-37(26-23-34)49(38-27-29-45-41(31-38)47-39(18-10-21-46(47)51-45)35-16-8-3-9-17-35)42-19-11-20-44-48(42)40-30-36(24-28-43(40)50-44)33-14-6-2-7-15-33/h1-31H. The highest BCUT2D eigenvalue weighted by Crippen LogP contribution is 2.47. The lowest BCUT2D eigenvalue weighted by Gasteiger charge is -2.26. The van der Waals surface area contributed by atoms with Crippen LogP contribution in [-0.4, -0.2) is 0 Å². The number of rotatable bonds is 6.